The molecule has 2 aliphatic rings. The highest BCUT2D eigenvalue weighted by Crippen LogP contribution is 2.24. The number of anilines is 1. The number of benzene rings is 2. The molecule has 2 aromatic rings. The average molecular weight is 380 g/mol. The van der Waals surface area contributed by atoms with Gasteiger partial charge in [-0.3, -0.25) is 9.59 Å². The van der Waals surface area contributed by atoms with E-state index in [-0.39, 0.29) is 17.9 Å². The van der Waals surface area contributed by atoms with Crippen molar-refractivity contribution in [2.45, 2.75) is 25.0 Å². The summed E-state index contributed by atoms with van der Waals surface area (Å²) in [7, 11) is 0. The second-order valence-electron chi connectivity index (χ2n) is 7.09. The second-order valence-corrected chi connectivity index (χ2v) is 7.09. The maximum Gasteiger partial charge on any atom is 0.254 e. The van der Waals surface area contributed by atoms with Crippen LogP contribution in [-0.2, 0) is 14.3 Å². The Bertz CT molecular complexity index is 833. The molecule has 0 radical (unpaired) electrons. The number of amides is 2. The smallest absolute Gasteiger partial charge is 0.254 e. The van der Waals surface area contributed by atoms with Crippen molar-refractivity contribution < 1.29 is 19.1 Å². The van der Waals surface area contributed by atoms with Crippen LogP contribution in [0.2, 0.25) is 0 Å². The first-order valence-electron chi connectivity index (χ1n) is 9.69. The van der Waals surface area contributed by atoms with Gasteiger partial charge >= 0.3 is 0 Å². The van der Waals surface area contributed by atoms with Crippen LogP contribution in [0.1, 0.15) is 34.9 Å². The number of ether oxygens (including phenoxy) is 2. The Morgan fingerprint density at radius 3 is 2.64 bits per heavy atom. The van der Waals surface area contributed by atoms with Crippen LogP contribution in [-0.4, -0.2) is 49.1 Å². The van der Waals surface area contributed by atoms with Crippen molar-refractivity contribution in [3.8, 4) is 0 Å². The second kappa shape index (κ2) is 8.54. The van der Waals surface area contributed by atoms with Crippen molar-refractivity contribution in [2.75, 3.05) is 31.6 Å². The Hall–Kier alpha value is -2.70. The number of carbonyl (C=O) groups is 2. The largest absolute Gasteiger partial charge is 0.370 e. The van der Waals surface area contributed by atoms with Gasteiger partial charge in [-0.15, -0.1) is 0 Å². The van der Waals surface area contributed by atoms with Gasteiger partial charge in [0.05, 0.1) is 13.2 Å². The highest BCUT2D eigenvalue weighted by molar-refractivity contribution is 5.98. The minimum Gasteiger partial charge on any atom is -0.370 e. The highest BCUT2D eigenvalue weighted by Gasteiger charge is 2.27. The van der Waals surface area contributed by atoms with E-state index >= 15 is 0 Å². The Balaban J connectivity index is 1.43. The van der Waals surface area contributed by atoms with Crippen molar-refractivity contribution in [1.82, 2.24) is 4.90 Å². The molecule has 0 aliphatic carbocycles. The summed E-state index contributed by atoms with van der Waals surface area (Å²) >= 11 is 0. The molecular weight excluding hydrogens is 356 g/mol. The summed E-state index contributed by atoms with van der Waals surface area (Å²) in [4.78, 5) is 27.1. The van der Waals surface area contributed by atoms with E-state index in [1.54, 1.807) is 24.3 Å². The minimum atomic E-state index is -0.398. The van der Waals surface area contributed by atoms with Crippen LogP contribution in [0, 0.1) is 0 Å². The zero-order chi connectivity index (χ0) is 19.3. The lowest BCUT2D eigenvalue weighted by atomic mass is 10.1. The zero-order valence-electron chi connectivity index (χ0n) is 15.7. The fourth-order valence-electron chi connectivity index (χ4n) is 3.62. The van der Waals surface area contributed by atoms with Crippen LogP contribution in [0.25, 0.3) is 0 Å². The molecule has 146 valence electrons. The van der Waals surface area contributed by atoms with E-state index in [2.05, 4.69) is 5.32 Å². The van der Waals surface area contributed by atoms with Crippen LogP contribution >= 0.6 is 0 Å². The molecule has 2 aliphatic heterocycles. The number of nitrogens with zero attached hydrogens (tertiary/aromatic N) is 1. The third-order valence-electron chi connectivity index (χ3n) is 5.12. The Morgan fingerprint density at radius 2 is 1.86 bits per heavy atom. The average Bonchev–Trinajstić information content (AvgIpc) is 3.29. The Labute approximate surface area is 164 Å². The number of nitrogens with one attached hydrogen (secondary N) is 1. The predicted molar refractivity (Wildman–Crippen MR) is 105 cm³/mol. The summed E-state index contributed by atoms with van der Waals surface area (Å²) in [5.74, 6) is -0.213. The number of carbonyl (C=O) groups excluding carboxylic acids is 2. The van der Waals surface area contributed by atoms with Crippen LogP contribution in [0.3, 0.4) is 0 Å². The van der Waals surface area contributed by atoms with E-state index in [9.17, 15) is 9.59 Å². The molecule has 0 unspecified atom stereocenters. The van der Waals surface area contributed by atoms with Gasteiger partial charge in [0.1, 0.15) is 12.2 Å². The van der Waals surface area contributed by atoms with Crippen LogP contribution in [0.15, 0.2) is 54.6 Å². The summed E-state index contributed by atoms with van der Waals surface area (Å²) < 4.78 is 11.3. The highest BCUT2D eigenvalue weighted by atomic mass is 16.5. The molecule has 2 aromatic carbocycles. The van der Waals surface area contributed by atoms with Gasteiger partial charge in [-0.25, -0.2) is 0 Å². The van der Waals surface area contributed by atoms with Crippen molar-refractivity contribution in [3.05, 3.63) is 65.7 Å². The zero-order valence-corrected chi connectivity index (χ0v) is 15.7. The number of hydrogen-bond acceptors (Lipinski definition) is 4. The SMILES string of the molecule is O=C(Nc1cccc(C(=O)N2CCO[C@H](c3ccccc3)C2)c1)[C@@H]1CCCO1. The standard InChI is InChI=1S/C22H24N2O4/c25-21(19-10-5-12-27-19)23-18-9-4-8-17(14-18)22(26)24-11-13-28-20(15-24)16-6-2-1-3-7-16/h1-4,6-9,14,19-20H,5,10-13,15H2,(H,23,25)/t19-,20-/m0/s1. The Kier molecular flexibility index (Phi) is 5.69. The molecule has 2 saturated heterocycles. The molecule has 1 N–H and O–H groups in total. The van der Waals surface area contributed by atoms with E-state index < -0.39 is 6.10 Å². The molecule has 2 heterocycles. The minimum absolute atomic E-state index is 0.0579. The summed E-state index contributed by atoms with van der Waals surface area (Å²) in [5, 5.41) is 2.86. The molecule has 28 heavy (non-hydrogen) atoms. The lowest BCUT2D eigenvalue weighted by Crippen LogP contribution is -2.42. The molecule has 2 fully saturated rings. The third kappa shape index (κ3) is 4.24. The molecular formula is C22H24N2O4. The van der Waals surface area contributed by atoms with Gasteiger partial charge in [0.15, 0.2) is 0 Å². The van der Waals surface area contributed by atoms with Gasteiger partial charge < -0.3 is 19.7 Å². The molecule has 2 atom stereocenters. The van der Waals surface area contributed by atoms with Gasteiger partial charge in [0.2, 0.25) is 0 Å². The van der Waals surface area contributed by atoms with E-state index in [1.807, 2.05) is 35.2 Å². The maximum absolute atomic E-state index is 13.0. The topological polar surface area (TPSA) is 67.9 Å². The van der Waals surface area contributed by atoms with Crippen molar-refractivity contribution in [2.24, 2.45) is 0 Å². The summed E-state index contributed by atoms with van der Waals surface area (Å²) in [6, 6.07) is 17.0. The van der Waals surface area contributed by atoms with Gasteiger partial charge in [-0.2, -0.15) is 0 Å². The van der Waals surface area contributed by atoms with Gasteiger partial charge in [0, 0.05) is 24.4 Å². The normalized spacial score (nSPS) is 22.1. The Morgan fingerprint density at radius 1 is 1.00 bits per heavy atom. The summed E-state index contributed by atoms with van der Waals surface area (Å²) in [6.07, 6.45) is 1.11. The van der Waals surface area contributed by atoms with E-state index in [0.29, 0.717) is 37.6 Å². The van der Waals surface area contributed by atoms with Crippen molar-refractivity contribution >= 4 is 17.5 Å². The summed E-state index contributed by atoms with van der Waals surface area (Å²) in [6.45, 7) is 2.18. The number of rotatable bonds is 4. The first-order chi connectivity index (χ1) is 13.7. The maximum atomic E-state index is 13.0. The molecule has 0 spiro atoms. The van der Waals surface area contributed by atoms with Crippen LogP contribution in [0.4, 0.5) is 5.69 Å². The molecule has 4 rings (SSSR count). The predicted octanol–water partition coefficient (Wildman–Crippen LogP) is 3.02. The van der Waals surface area contributed by atoms with Gasteiger partial charge in [-0.05, 0) is 36.6 Å². The van der Waals surface area contributed by atoms with E-state index in [4.69, 9.17) is 9.47 Å². The molecule has 0 aromatic heterocycles. The first-order valence-corrected chi connectivity index (χ1v) is 9.69. The molecule has 0 saturated carbocycles. The lowest BCUT2D eigenvalue weighted by molar-refractivity contribution is -0.124. The number of hydrogen-bond donors (Lipinski definition) is 1. The number of morpholine rings is 1. The molecule has 6 heteroatoms. The van der Waals surface area contributed by atoms with Gasteiger partial charge in [0.25, 0.3) is 11.8 Å². The molecule has 6 nitrogen and oxygen atoms in total. The fraction of sp³-hybridized carbons (Fsp3) is 0.364. The van der Waals surface area contributed by atoms with E-state index in [1.165, 1.54) is 0 Å². The van der Waals surface area contributed by atoms with Gasteiger partial charge in [-0.1, -0.05) is 36.4 Å². The fourth-order valence-corrected chi connectivity index (χ4v) is 3.62. The summed E-state index contributed by atoms with van der Waals surface area (Å²) in [5.41, 5.74) is 2.23. The van der Waals surface area contributed by atoms with Crippen molar-refractivity contribution in [1.29, 1.82) is 0 Å². The van der Waals surface area contributed by atoms with E-state index in [0.717, 1.165) is 18.4 Å². The first kappa shape index (κ1) is 18.7. The molecule has 2 amide bonds. The molecule has 0 bridgehead atoms. The quantitative estimate of drug-likeness (QED) is 0.885. The van der Waals surface area contributed by atoms with Crippen molar-refractivity contribution in [3.63, 3.8) is 0 Å². The lowest BCUT2D eigenvalue weighted by Gasteiger charge is -2.33. The van der Waals surface area contributed by atoms with Crippen LogP contribution < -0.4 is 5.32 Å². The van der Waals surface area contributed by atoms with Crippen LogP contribution in [0.5, 0.6) is 0 Å². The third-order valence-corrected chi connectivity index (χ3v) is 5.12. The monoisotopic (exact) mass is 380 g/mol.